The van der Waals surface area contributed by atoms with Gasteiger partial charge in [0.15, 0.2) is 0 Å². The second-order valence-corrected chi connectivity index (χ2v) is 19.1. The summed E-state index contributed by atoms with van der Waals surface area (Å²) in [7, 11) is -1.96. The van der Waals surface area contributed by atoms with Crippen molar-refractivity contribution in [2.24, 2.45) is 0 Å². The molecule has 6 aromatic rings. The smallest absolute Gasteiger partial charge is 0.125 e. The van der Waals surface area contributed by atoms with E-state index in [1.165, 1.54) is 43.1 Å². The fourth-order valence-corrected chi connectivity index (χ4v) is 12.6. The van der Waals surface area contributed by atoms with Crippen LogP contribution in [0.2, 0.25) is 16.6 Å². The van der Waals surface area contributed by atoms with Gasteiger partial charge in [-0.25, -0.2) is 0 Å². The van der Waals surface area contributed by atoms with Crippen LogP contribution in [0.4, 0.5) is 0 Å². The minimum atomic E-state index is -1.96. The first-order valence-electron chi connectivity index (χ1n) is 15.3. The lowest BCUT2D eigenvalue weighted by atomic mass is 9.89. The third kappa shape index (κ3) is 5.29. The number of hydrogen-bond donors (Lipinski definition) is 0. The predicted molar refractivity (Wildman–Crippen MR) is 195 cm³/mol. The first-order valence-corrected chi connectivity index (χ1v) is 18.3. The fourth-order valence-electron chi connectivity index (χ4n) is 7.14. The number of rotatable bonds is 3. The van der Waals surface area contributed by atoms with Gasteiger partial charge in [-0.2, -0.15) is 0 Å². The Morgan fingerprint density at radius 1 is 0.488 bits per heavy atom. The third-order valence-electron chi connectivity index (χ3n) is 9.30. The van der Waals surface area contributed by atoms with E-state index in [1.54, 1.807) is 0 Å². The SMILES string of the molecule is CC(C)[Si](C#Cc1c2cc3ccccc3cc2c(C#Cc2ccc(Br)cc2)c2cc3ccccc3cc12)(C(C)C)C(C)C. The largest absolute Gasteiger partial charge is 0.146 e. The second kappa shape index (κ2) is 11.7. The van der Waals surface area contributed by atoms with E-state index in [1.807, 2.05) is 12.1 Å². The molecule has 0 unspecified atom stereocenters. The summed E-state index contributed by atoms with van der Waals surface area (Å²) in [6.45, 7) is 14.3. The minimum Gasteiger partial charge on any atom is -0.125 e. The van der Waals surface area contributed by atoms with Crippen LogP contribution in [-0.2, 0) is 0 Å². The Morgan fingerprint density at radius 2 is 0.860 bits per heavy atom. The highest BCUT2D eigenvalue weighted by atomic mass is 79.9. The number of benzene rings is 6. The second-order valence-electron chi connectivity index (χ2n) is 12.6. The topological polar surface area (TPSA) is 0 Å². The Morgan fingerprint density at radius 3 is 1.23 bits per heavy atom. The van der Waals surface area contributed by atoms with E-state index >= 15 is 0 Å². The molecule has 0 nitrogen and oxygen atoms in total. The van der Waals surface area contributed by atoms with E-state index in [0.29, 0.717) is 16.6 Å². The summed E-state index contributed by atoms with van der Waals surface area (Å²) in [6.07, 6.45) is 0. The predicted octanol–water partition coefficient (Wildman–Crippen LogP) is 12.0. The van der Waals surface area contributed by atoms with Gasteiger partial charge in [0.2, 0.25) is 0 Å². The lowest BCUT2D eigenvalue weighted by molar-refractivity contribution is 0.838. The molecule has 0 aromatic heterocycles. The summed E-state index contributed by atoms with van der Waals surface area (Å²) >= 11 is 3.56. The van der Waals surface area contributed by atoms with Gasteiger partial charge in [-0.15, -0.1) is 5.54 Å². The van der Waals surface area contributed by atoms with Gasteiger partial charge in [-0.1, -0.05) is 124 Å². The molecule has 0 bridgehead atoms. The molecule has 6 aromatic carbocycles. The molecular weight excluding hydrogens is 600 g/mol. The van der Waals surface area contributed by atoms with Crippen LogP contribution in [-0.4, -0.2) is 8.07 Å². The highest BCUT2D eigenvalue weighted by Gasteiger charge is 2.41. The molecule has 6 rings (SSSR count). The van der Waals surface area contributed by atoms with Gasteiger partial charge in [0.05, 0.1) is 0 Å². The molecule has 0 heterocycles. The van der Waals surface area contributed by atoms with Crippen molar-refractivity contribution in [3.05, 3.63) is 118 Å². The van der Waals surface area contributed by atoms with Crippen molar-refractivity contribution < 1.29 is 0 Å². The standard InChI is InChI=1S/C41H37BrSi/c1-27(2)43(28(3)4,29(5)6)22-21-37-40-25-33-13-9-7-11-31(33)23-38(40)36(20-17-30-15-18-35(42)19-16-30)39-24-32-12-8-10-14-34(32)26-41(37)39/h7-16,18-19,23-29H,1-6H3. The maximum Gasteiger partial charge on any atom is 0.146 e. The zero-order valence-electron chi connectivity index (χ0n) is 25.8. The van der Waals surface area contributed by atoms with E-state index in [4.69, 9.17) is 0 Å². The molecular formula is C41H37BrSi. The zero-order valence-corrected chi connectivity index (χ0v) is 28.4. The monoisotopic (exact) mass is 636 g/mol. The van der Waals surface area contributed by atoms with Crippen LogP contribution in [0.25, 0.3) is 43.1 Å². The molecule has 0 aliphatic carbocycles. The third-order valence-corrected chi connectivity index (χ3v) is 16.1. The zero-order chi connectivity index (χ0) is 30.3. The Bertz CT molecular complexity index is 2010. The Hall–Kier alpha value is -3.82. The van der Waals surface area contributed by atoms with Crippen LogP contribution >= 0.6 is 15.9 Å². The van der Waals surface area contributed by atoms with E-state index in [2.05, 4.69) is 166 Å². The first-order chi connectivity index (χ1) is 20.7. The van der Waals surface area contributed by atoms with E-state index in [9.17, 15) is 0 Å². The number of fused-ring (bicyclic) bond motifs is 4. The van der Waals surface area contributed by atoms with Crippen LogP contribution < -0.4 is 0 Å². The summed E-state index contributed by atoms with van der Waals surface area (Å²) in [5.41, 5.74) is 8.95. The molecule has 0 spiro atoms. The van der Waals surface area contributed by atoms with Crippen LogP contribution in [0.3, 0.4) is 0 Å². The average Bonchev–Trinajstić information content (AvgIpc) is 2.99. The number of halogens is 1. The van der Waals surface area contributed by atoms with Crippen molar-refractivity contribution in [2.75, 3.05) is 0 Å². The van der Waals surface area contributed by atoms with Gasteiger partial charge in [0.1, 0.15) is 8.07 Å². The van der Waals surface area contributed by atoms with Gasteiger partial charge < -0.3 is 0 Å². The van der Waals surface area contributed by atoms with Gasteiger partial charge in [-0.05, 0) is 108 Å². The summed E-state index contributed by atoms with van der Waals surface area (Å²) in [5, 5.41) is 9.60. The van der Waals surface area contributed by atoms with Crippen molar-refractivity contribution in [1.82, 2.24) is 0 Å². The molecule has 0 saturated carbocycles. The van der Waals surface area contributed by atoms with Crippen molar-refractivity contribution in [2.45, 2.75) is 58.2 Å². The lowest BCUT2D eigenvalue weighted by Crippen LogP contribution is -2.43. The molecule has 0 N–H and O–H groups in total. The molecule has 0 saturated heterocycles. The molecule has 2 heteroatoms. The molecule has 43 heavy (non-hydrogen) atoms. The lowest BCUT2D eigenvalue weighted by Gasteiger charge is -2.38. The minimum absolute atomic E-state index is 0.565. The molecule has 0 fully saturated rings. The Labute approximate surface area is 265 Å². The van der Waals surface area contributed by atoms with Gasteiger partial charge in [0, 0.05) is 21.2 Å². The van der Waals surface area contributed by atoms with Crippen LogP contribution in [0.5, 0.6) is 0 Å². The first kappa shape index (κ1) is 29.3. The van der Waals surface area contributed by atoms with Gasteiger partial charge in [-0.3, -0.25) is 0 Å². The average molecular weight is 638 g/mol. The van der Waals surface area contributed by atoms with E-state index in [-0.39, 0.29) is 0 Å². The Kier molecular flexibility index (Phi) is 7.96. The molecule has 0 aliphatic heterocycles. The van der Waals surface area contributed by atoms with Crippen molar-refractivity contribution in [3.8, 4) is 23.3 Å². The summed E-state index contributed by atoms with van der Waals surface area (Å²) in [5.74, 6) is 11.0. The van der Waals surface area contributed by atoms with Crippen LogP contribution in [0, 0.1) is 23.3 Å². The van der Waals surface area contributed by atoms with Crippen molar-refractivity contribution in [3.63, 3.8) is 0 Å². The molecule has 0 amide bonds. The summed E-state index contributed by atoms with van der Waals surface area (Å²) < 4.78 is 1.05. The quantitative estimate of drug-likeness (QED) is 0.103. The fraction of sp³-hybridized carbons (Fsp3) is 0.220. The number of hydrogen-bond acceptors (Lipinski definition) is 0. The van der Waals surface area contributed by atoms with Crippen molar-refractivity contribution in [1.29, 1.82) is 0 Å². The summed E-state index contributed by atoms with van der Waals surface area (Å²) in [6, 6.07) is 34.9. The maximum atomic E-state index is 4.06. The normalized spacial score (nSPS) is 11.9. The molecule has 0 radical (unpaired) electrons. The Balaban J connectivity index is 1.78. The molecule has 0 atom stereocenters. The summed E-state index contributed by atoms with van der Waals surface area (Å²) in [4.78, 5) is 0. The maximum absolute atomic E-state index is 4.06. The highest BCUT2D eigenvalue weighted by molar-refractivity contribution is 9.10. The van der Waals surface area contributed by atoms with Gasteiger partial charge in [0.25, 0.3) is 0 Å². The highest BCUT2D eigenvalue weighted by Crippen LogP contribution is 2.42. The van der Waals surface area contributed by atoms with E-state index < -0.39 is 8.07 Å². The van der Waals surface area contributed by atoms with Gasteiger partial charge >= 0.3 is 0 Å². The van der Waals surface area contributed by atoms with Crippen LogP contribution in [0.1, 0.15) is 58.2 Å². The molecule has 0 aliphatic rings. The molecule has 212 valence electrons. The van der Waals surface area contributed by atoms with E-state index in [0.717, 1.165) is 21.2 Å². The van der Waals surface area contributed by atoms with Crippen molar-refractivity contribution >= 4 is 67.1 Å². The van der Waals surface area contributed by atoms with Crippen LogP contribution in [0.15, 0.2) is 102 Å².